The first kappa shape index (κ1) is 17.1. The Morgan fingerprint density at radius 1 is 1.20 bits per heavy atom. The quantitative estimate of drug-likeness (QED) is 0.506. The van der Waals surface area contributed by atoms with Gasteiger partial charge in [-0.3, -0.25) is 14.9 Å². The summed E-state index contributed by atoms with van der Waals surface area (Å²) in [6, 6.07) is 8.65. The highest BCUT2D eigenvalue weighted by Crippen LogP contribution is 2.34. The summed E-state index contributed by atoms with van der Waals surface area (Å²) in [5, 5.41) is 4.42. The second-order valence-corrected chi connectivity index (χ2v) is 6.38. The molecular formula is C17H14N2O4S2. The molecule has 0 spiro atoms. The second-order valence-electron chi connectivity index (χ2n) is 5.01. The molecule has 0 aliphatic carbocycles. The molecule has 2 amide bonds. The fourth-order valence-electron chi connectivity index (χ4n) is 2.36. The van der Waals surface area contributed by atoms with Gasteiger partial charge in [0.05, 0.1) is 19.9 Å². The van der Waals surface area contributed by atoms with Gasteiger partial charge in [0.25, 0.3) is 11.8 Å². The van der Waals surface area contributed by atoms with Gasteiger partial charge in [-0.1, -0.05) is 6.07 Å². The largest absolute Gasteiger partial charge is 0.497 e. The molecule has 2 aromatic rings. The number of hydrogen-bond acceptors (Lipinski definition) is 6. The van der Waals surface area contributed by atoms with Gasteiger partial charge in [-0.25, -0.2) is 4.90 Å². The van der Waals surface area contributed by atoms with E-state index in [1.165, 1.54) is 30.5 Å². The Bertz CT molecular complexity index is 875. The first-order chi connectivity index (χ1) is 12.0. The van der Waals surface area contributed by atoms with E-state index in [9.17, 15) is 9.59 Å². The Morgan fingerprint density at radius 2 is 2.00 bits per heavy atom. The van der Waals surface area contributed by atoms with Crippen LogP contribution in [0.2, 0.25) is 0 Å². The minimum Gasteiger partial charge on any atom is -0.497 e. The summed E-state index contributed by atoms with van der Waals surface area (Å²) < 4.78 is 10.5. The summed E-state index contributed by atoms with van der Waals surface area (Å²) >= 11 is 6.62. The van der Waals surface area contributed by atoms with Crippen LogP contribution in [-0.4, -0.2) is 31.1 Å². The number of carbonyl (C=O) groups is 2. The molecule has 1 aliphatic rings. The van der Waals surface area contributed by atoms with Gasteiger partial charge in [0, 0.05) is 10.9 Å². The van der Waals surface area contributed by atoms with E-state index in [1.54, 1.807) is 24.3 Å². The Balaban J connectivity index is 2.05. The number of anilines is 1. The van der Waals surface area contributed by atoms with E-state index in [-0.39, 0.29) is 10.7 Å². The number of carbonyl (C=O) groups excluding carboxylic acids is 2. The number of ether oxygens (including phenoxy) is 2. The van der Waals surface area contributed by atoms with Crippen LogP contribution in [0.5, 0.6) is 11.5 Å². The summed E-state index contributed by atoms with van der Waals surface area (Å²) in [6.07, 6.45) is 1.55. The molecule has 0 radical (unpaired) electrons. The van der Waals surface area contributed by atoms with Crippen LogP contribution in [-0.2, 0) is 9.59 Å². The van der Waals surface area contributed by atoms with Crippen LogP contribution < -0.4 is 19.7 Å². The molecule has 3 rings (SSSR count). The zero-order chi connectivity index (χ0) is 18.0. The standard InChI is InChI=1S/C17H14N2O4S2/c1-22-10-5-6-13(14(8-10)23-2)19-16(21)12(15(20)18-17(19)24)9-11-4-3-7-25-11/h3-9H,1-2H3,(H,18,20,24)/b12-9+. The molecule has 1 saturated heterocycles. The molecule has 0 saturated carbocycles. The van der Waals surface area contributed by atoms with Crippen molar-refractivity contribution in [3.05, 3.63) is 46.2 Å². The minimum absolute atomic E-state index is 0.00166. The lowest BCUT2D eigenvalue weighted by molar-refractivity contribution is -0.122. The van der Waals surface area contributed by atoms with E-state index in [0.717, 1.165) is 4.88 Å². The molecule has 25 heavy (non-hydrogen) atoms. The van der Waals surface area contributed by atoms with Gasteiger partial charge in [-0.05, 0) is 41.9 Å². The number of nitrogens with one attached hydrogen (secondary N) is 1. The Kier molecular flexibility index (Phi) is 4.82. The summed E-state index contributed by atoms with van der Waals surface area (Å²) in [5.74, 6) is -0.0474. The van der Waals surface area contributed by atoms with Crippen molar-refractivity contribution in [1.29, 1.82) is 0 Å². The number of hydrogen-bond donors (Lipinski definition) is 1. The van der Waals surface area contributed by atoms with Crippen molar-refractivity contribution in [2.45, 2.75) is 0 Å². The van der Waals surface area contributed by atoms with Crippen LogP contribution in [0, 0.1) is 0 Å². The lowest BCUT2D eigenvalue weighted by Gasteiger charge is -2.29. The van der Waals surface area contributed by atoms with E-state index in [4.69, 9.17) is 21.7 Å². The molecule has 0 bridgehead atoms. The fraction of sp³-hybridized carbons (Fsp3) is 0.118. The average Bonchev–Trinajstić information content (AvgIpc) is 3.12. The number of methoxy groups -OCH3 is 2. The van der Waals surface area contributed by atoms with Gasteiger partial charge in [-0.2, -0.15) is 0 Å². The van der Waals surface area contributed by atoms with Gasteiger partial charge in [0.1, 0.15) is 17.1 Å². The Labute approximate surface area is 153 Å². The van der Waals surface area contributed by atoms with Gasteiger partial charge in [-0.15, -0.1) is 11.3 Å². The lowest BCUT2D eigenvalue weighted by atomic mass is 10.1. The van der Waals surface area contributed by atoms with E-state index in [0.29, 0.717) is 17.2 Å². The van der Waals surface area contributed by atoms with Gasteiger partial charge in [0.2, 0.25) is 0 Å². The molecule has 1 aromatic heterocycles. The zero-order valence-electron chi connectivity index (χ0n) is 13.4. The molecule has 1 aromatic carbocycles. The summed E-state index contributed by atoms with van der Waals surface area (Å²) in [4.78, 5) is 27.2. The second kappa shape index (κ2) is 7.04. The SMILES string of the molecule is COc1ccc(N2C(=O)/C(=C/c3cccs3)C(=O)NC2=S)c(OC)c1. The Morgan fingerprint density at radius 3 is 2.64 bits per heavy atom. The highest BCUT2D eigenvalue weighted by Gasteiger charge is 2.36. The van der Waals surface area contributed by atoms with Gasteiger partial charge < -0.3 is 9.47 Å². The highest BCUT2D eigenvalue weighted by molar-refractivity contribution is 7.80. The van der Waals surface area contributed by atoms with Crippen molar-refractivity contribution in [3.63, 3.8) is 0 Å². The lowest BCUT2D eigenvalue weighted by Crippen LogP contribution is -2.54. The van der Waals surface area contributed by atoms with Gasteiger partial charge >= 0.3 is 0 Å². The number of nitrogens with zero attached hydrogens (tertiary/aromatic N) is 1. The molecule has 8 heteroatoms. The number of benzene rings is 1. The van der Waals surface area contributed by atoms with Crippen molar-refractivity contribution in [2.75, 3.05) is 19.1 Å². The van der Waals surface area contributed by atoms with Crippen LogP contribution in [0.3, 0.4) is 0 Å². The molecule has 2 heterocycles. The maximum absolute atomic E-state index is 12.9. The van der Waals surface area contributed by atoms with Crippen LogP contribution >= 0.6 is 23.6 Å². The summed E-state index contributed by atoms with van der Waals surface area (Å²) in [6.45, 7) is 0. The van der Waals surface area contributed by atoms with Crippen LogP contribution in [0.4, 0.5) is 5.69 Å². The molecule has 1 aliphatic heterocycles. The van der Waals surface area contributed by atoms with Crippen molar-refractivity contribution in [3.8, 4) is 11.5 Å². The summed E-state index contributed by atoms with van der Waals surface area (Å²) in [7, 11) is 3.02. The number of rotatable bonds is 4. The fourth-order valence-corrected chi connectivity index (χ4v) is 3.29. The van der Waals surface area contributed by atoms with E-state index in [1.807, 2.05) is 17.5 Å². The van der Waals surface area contributed by atoms with Crippen LogP contribution in [0.15, 0.2) is 41.3 Å². The topological polar surface area (TPSA) is 67.9 Å². The van der Waals surface area contributed by atoms with Crippen molar-refractivity contribution >= 4 is 52.2 Å². The van der Waals surface area contributed by atoms with E-state index in [2.05, 4.69) is 5.32 Å². The molecule has 1 fully saturated rings. The van der Waals surface area contributed by atoms with Crippen LogP contribution in [0.1, 0.15) is 4.88 Å². The smallest absolute Gasteiger partial charge is 0.270 e. The first-order valence-electron chi connectivity index (χ1n) is 7.22. The maximum Gasteiger partial charge on any atom is 0.270 e. The minimum atomic E-state index is -0.521. The summed E-state index contributed by atoms with van der Waals surface area (Å²) in [5.41, 5.74) is 0.435. The van der Waals surface area contributed by atoms with E-state index < -0.39 is 11.8 Å². The third-order valence-corrected chi connectivity index (χ3v) is 4.66. The third-order valence-electron chi connectivity index (χ3n) is 3.56. The highest BCUT2D eigenvalue weighted by atomic mass is 32.1. The predicted octanol–water partition coefficient (Wildman–Crippen LogP) is 2.60. The number of amides is 2. The molecule has 1 N–H and O–H groups in total. The molecule has 0 atom stereocenters. The molecule has 128 valence electrons. The van der Waals surface area contributed by atoms with Crippen LogP contribution in [0.25, 0.3) is 6.08 Å². The monoisotopic (exact) mass is 374 g/mol. The normalized spacial score (nSPS) is 16.2. The molecular weight excluding hydrogens is 360 g/mol. The number of thiophene rings is 1. The van der Waals surface area contributed by atoms with Gasteiger partial charge in [0.15, 0.2) is 5.11 Å². The van der Waals surface area contributed by atoms with Crippen molar-refractivity contribution < 1.29 is 19.1 Å². The van der Waals surface area contributed by atoms with Crippen molar-refractivity contribution in [1.82, 2.24) is 5.32 Å². The third kappa shape index (κ3) is 3.26. The van der Waals surface area contributed by atoms with Crippen molar-refractivity contribution in [2.24, 2.45) is 0 Å². The Hall–Kier alpha value is -2.71. The molecule has 0 unspecified atom stereocenters. The average molecular weight is 374 g/mol. The first-order valence-corrected chi connectivity index (χ1v) is 8.51. The maximum atomic E-state index is 12.9. The predicted molar refractivity (Wildman–Crippen MR) is 100 cm³/mol. The zero-order valence-corrected chi connectivity index (χ0v) is 15.1. The molecule has 6 nitrogen and oxygen atoms in total. The number of thiocarbonyl (C=S) groups is 1. The van der Waals surface area contributed by atoms with E-state index >= 15 is 0 Å².